The smallest absolute Gasteiger partial charge is 0.338 e. The summed E-state index contributed by atoms with van der Waals surface area (Å²) in [4.78, 5) is 39.1. The van der Waals surface area contributed by atoms with E-state index in [2.05, 4.69) is 4.98 Å². The van der Waals surface area contributed by atoms with Crippen molar-refractivity contribution in [2.75, 3.05) is 6.61 Å². The fourth-order valence-electron chi connectivity index (χ4n) is 3.14. The number of esters is 1. The van der Waals surface area contributed by atoms with Crippen LogP contribution in [0.2, 0.25) is 0 Å². The highest BCUT2D eigenvalue weighted by atomic mass is 16.5. The van der Waals surface area contributed by atoms with E-state index in [-0.39, 0.29) is 18.2 Å². The van der Waals surface area contributed by atoms with Crippen molar-refractivity contribution in [2.24, 2.45) is 0 Å². The molecule has 0 spiro atoms. The molecule has 0 bridgehead atoms. The van der Waals surface area contributed by atoms with E-state index in [0.717, 1.165) is 11.1 Å². The highest BCUT2D eigenvalue weighted by Crippen LogP contribution is 2.22. The standard InChI is InChI=1S/C19H19NO5/c1-10-17(12(3)21)11(2)20-18(10)16(22)9-25-19(23)13-4-5-14-7-24-8-15(14)6-13/h4-6,20H,7-9H2,1-3H3. The molecule has 0 fully saturated rings. The summed E-state index contributed by atoms with van der Waals surface area (Å²) in [6.45, 7) is 5.53. The van der Waals surface area contributed by atoms with Crippen LogP contribution in [0, 0.1) is 13.8 Å². The van der Waals surface area contributed by atoms with E-state index in [0.29, 0.717) is 41.3 Å². The highest BCUT2D eigenvalue weighted by Gasteiger charge is 2.21. The zero-order valence-corrected chi connectivity index (χ0v) is 14.4. The molecule has 1 aromatic heterocycles. The van der Waals surface area contributed by atoms with E-state index in [1.54, 1.807) is 26.0 Å². The van der Waals surface area contributed by atoms with Gasteiger partial charge in [0.1, 0.15) is 0 Å². The molecule has 0 unspecified atom stereocenters. The lowest BCUT2D eigenvalue weighted by atomic mass is 10.1. The van der Waals surface area contributed by atoms with Gasteiger partial charge in [-0.1, -0.05) is 6.07 Å². The first kappa shape index (κ1) is 17.1. The van der Waals surface area contributed by atoms with Gasteiger partial charge in [-0.3, -0.25) is 9.59 Å². The molecule has 0 saturated heterocycles. The van der Waals surface area contributed by atoms with E-state index in [9.17, 15) is 14.4 Å². The van der Waals surface area contributed by atoms with Crippen molar-refractivity contribution in [3.63, 3.8) is 0 Å². The minimum absolute atomic E-state index is 0.109. The monoisotopic (exact) mass is 341 g/mol. The van der Waals surface area contributed by atoms with Crippen molar-refractivity contribution >= 4 is 17.5 Å². The Morgan fingerprint density at radius 2 is 1.88 bits per heavy atom. The largest absolute Gasteiger partial charge is 0.454 e. The molecule has 2 aromatic rings. The van der Waals surface area contributed by atoms with Gasteiger partial charge in [0.25, 0.3) is 0 Å². The first-order chi connectivity index (χ1) is 11.9. The molecule has 0 saturated carbocycles. The van der Waals surface area contributed by atoms with Gasteiger partial charge < -0.3 is 14.5 Å². The SMILES string of the molecule is CC(=O)c1c(C)[nH]c(C(=O)COC(=O)c2ccc3c(c2)COC3)c1C. The summed E-state index contributed by atoms with van der Waals surface area (Å²) in [5.74, 6) is -1.04. The van der Waals surface area contributed by atoms with Crippen molar-refractivity contribution in [1.29, 1.82) is 0 Å². The Hall–Kier alpha value is -2.73. The molecule has 0 radical (unpaired) electrons. The molecule has 0 amide bonds. The number of hydrogen-bond donors (Lipinski definition) is 1. The van der Waals surface area contributed by atoms with Gasteiger partial charge in [-0.15, -0.1) is 0 Å². The zero-order valence-electron chi connectivity index (χ0n) is 14.4. The molecule has 3 rings (SSSR count). The molecule has 6 heteroatoms. The fourth-order valence-corrected chi connectivity index (χ4v) is 3.14. The number of benzene rings is 1. The third-order valence-corrected chi connectivity index (χ3v) is 4.36. The third kappa shape index (κ3) is 3.25. The molecule has 1 aromatic carbocycles. The Morgan fingerprint density at radius 3 is 2.56 bits per heavy atom. The van der Waals surface area contributed by atoms with Gasteiger partial charge in [-0.2, -0.15) is 0 Å². The second-order valence-electron chi connectivity index (χ2n) is 6.16. The number of Topliss-reactive ketones (excluding diaryl/α,β-unsaturated/α-hetero) is 2. The Labute approximate surface area is 145 Å². The van der Waals surface area contributed by atoms with Crippen LogP contribution in [-0.2, 0) is 22.7 Å². The van der Waals surface area contributed by atoms with E-state index in [1.807, 2.05) is 6.07 Å². The van der Waals surface area contributed by atoms with Crippen LogP contribution in [0.1, 0.15) is 60.5 Å². The lowest BCUT2D eigenvalue weighted by Crippen LogP contribution is -2.15. The average Bonchev–Trinajstić information content (AvgIpc) is 3.15. The third-order valence-electron chi connectivity index (χ3n) is 4.36. The number of carbonyl (C=O) groups is 3. The summed E-state index contributed by atoms with van der Waals surface area (Å²) >= 11 is 0. The number of ether oxygens (including phenoxy) is 2. The fraction of sp³-hybridized carbons (Fsp3) is 0.316. The lowest BCUT2D eigenvalue weighted by Gasteiger charge is -2.06. The van der Waals surface area contributed by atoms with Gasteiger partial charge in [0.15, 0.2) is 12.4 Å². The van der Waals surface area contributed by atoms with E-state index >= 15 is 0 Å². The molecule has 1 aliphatic heterocycles. The van der Waals surface area contributed by atoms with E-state index in [4.69, 9.17) is 9.47 Å². The molecule has 0 aliphatic carbocycles. The van der Waals surface area contributed by atoms with Crippen molar-refractivity contribution in [3.05, 3.63) is 57.4 Å². The predicted octanol–water partition coefficient (Wildman–Crippen LogP) is 2.90. The molecule has 2 heterocycles. The van der Waals surface area contributed by atoms with Crippen molar-refractivity contribution in [3.8, 4) is 0 Å². The van der Waals surface area contributed by atoms with Gasteiger partial charge in [-0.25, -0.2) is 4.79 Å². The number of H-pyrrole nitrogens is 1. The van der Waals surface area contributed by atoms with Crippen LogP contribution < -0.4 is 0 Å². The summed E-state index contributed by atoms with van der Waals surface area (Å²) in [6.07, 6.45) is 0. The van der Waals surface area contributed by atoms with Crippen LogP contribution in [0.25, 0.3) is 0 Å². The van der Waals surface area contributed by atoms with Crippen molar-refractivity contribution < 1.29 is 23.9 Å². The summed E-state index contributed by atoms with van der Waals surface area (Å²) in [5, 5.41) is 0. The number of carbonyl (C=O) groups excluding carboxylic acids is 3. The van der Waals surface area contributed by atoms with Crippen molar-refractivity contribution in [1.82, 2.24) is 4.98 Å². The highest BCUT2D eigenvalue weighted by molar-refractivity contribution is 6.04. The van der Waals surface area contributed by atoms with Crippen LogP contribution in [0.4, 0.5) is 0 Å². The molecular weight excluding hydrogens is 322 g/mol. The summed E-state index contributed by atoms with van der Waals surface area (Å²) in [5.41, 5.74) is 4.44. The number of rotatable bonds is 5. The lowest BCUT2D eigenvalue weighted by molar-refractivity contribution is 0.0473. The minimum atomic E-state index is -0.559. The minimum Gasteiger partial charge on any atom is -0.454 e. The molecular formula is C19H19NO5. The van der Waals surface area contributed by atoms with Gasteiger partial charge >= 0.3 is 5.97 Å². The second kappa shape index (κ2) is 6.64. The van der Waals surface area contributed by atoms with Gasteiger partial charge in [0.05, 0.1) is 24.5 Å². The topological polar surface area (TPSA) is 85.5 Å². The molecule has 130 valence electrons. The van der Waals surface area contributed by atoms with Crippen LogP contribution in [-0.4, -0.2) is 29.1 Å². The first-order valence-electron chi connectivity index (χ1n) is 7.98. The molecule has 6 nitrogen and oxygen atoms in total. The maximum atomic E-state index is 12.3. The maximum absolute atomic E-state index is 12.3. The Morgan fingerprint density at radius 1 is 1.16 bits per heavy atom. The van der Waals surface area contributed by atoms with Gasteiger partial charge in [0.2, 0.25) is 5.78 Å². The Kier molecular flexibility index (Phi) is 4.55. The Bertz CT molecular complexity index is 878. The molecule has 0 atom stereocenters. The molecule has 25 heavy (non-hydrogen) atoms. The van der Waals surface area contributed by atoms with Crippen LogP contribution in [0.15, 0.2) is 18.2 Å². The number of ketones is 2. The van der Waals surface area contributed by atoms with Crippen LogP contribution >= 0.6 is 0 Å². The average molecular weight is 341 g/mol. The number of fused-ring (bicyclic) bond motifs is 1. The predicted molar refractivity (Wildman–Crippen MR) is 89.8 cm³/mol. The zero-order chi connectivity index (χ0) is 18.1. The molecule has 1 aliphatic rings. The van der Waals surface area contributed by atoms with Crippen molar-refractivity contribution in [2.45, 2.75) is 34.0 Å². The first-order valence-corrected chi connectivity index (χ1v) is 7.98. The number of aromatic nitrogens is 1. The van der Waals surface area contributed by atoms with Gasteiger partial charge in [0, 0.05) is 11.3 Å². The number of aryl methyl sites for hydroxylation is 1. The molecule has 1 N–H and O–H groups in total. The number of nitrogens with one attached hydrogen (secondary N) is 1. The van der Waals surface area contributed by atoms with Crippen LogP contribution in [0.3, 0.4) is 0 Å². The van der Waals surface area contributed by atoms with E-state index < -0.39 is 5.97 Å². The summed E-state index contributed by atoms with van der Waals surface area (Å²) < 4.78 is 10.4. The van der Waals surface area contributed by atoms with Gasteiger partial charge in [-0.05, 0) is 49.6 Å². The van der Waals surface area contributed by atoms with E-state index in [1.165, 1.54) is 6.92 Å². The van der Waals surface area contributed by atoms with Crippen LogP contribution in [0.5, 0.6) is 0 Å². The summed E-state index contributed by atoms with van der Waals surface area (Å²) in [6, 6.07) is 5.23. The Balaban J connectivity index is 1.69. The normalized spacial score (nSPS) is 12.8. The quantitative estimate of drug-likeness (QED) is 0.667. The summed E-state index contributed by atoms with van der Waals surface area (Å²) in [7, 11) is 0. The number of hydrogen-bond acceptors (Lipinski definition) is 5. The number of aromatic amines is 1. The second-order valence-corrected chi connectivity index (χ2v) is 6.16. The maximum Gasteiger partial charge on any atom is 0.338 e.